The summed E-state index contributed by atoms with van der Waals surface area (Å²) in [7, 11) is 0. The lowest BCUT2D eigenvalue weighted by molar-refractivity contribution is 0.0248. The molecular weight excluding hydrogens is 264 g/mol. The predicted molar refractivity (Wildman–Crippen MR) is 74.8 cm³/mol. The second-order valence-corrected chi connectivity index (χ2v) is 5.27. The van der Waals surface area contributed by atoms with Crippen molar-refractivity contribution in [2.45, 2.75) is 32.3 Å². The number of hydrogen-bond acceptors (Lipinski definition) is 4. The van der Waals surface area contributed by atoms with Crippen LogP contribution in [-0.4, -0.2) is 33.9 Å². The van der Waals surface area contributed by atoms with E-state index in [2.05, 4.69) is 15.4 Å². The van der Waals surface area contributed by atoms with Crippen molar-refractivity contribution in [2.75, 3.05) is 18.5 Å². The van der Waals surface area contributed by atoms with Crippen molar-refractivity contribution in [3.05, 3.63) is 23.1 Å². The number of halogens is 1. The number of hydrogen-bond donors (Lipinski definition) is 1. The average Bonchev–Trinajstić information content (AvgIpc) is 2.79. The van der Waals surface area contributed by atoms with Gasteiger partial charge < -0.3 is 10.1 Å². The Labute approximate surface area is 116 Å². The smallest absolute Gasteiger partial charge is 0.177 e. The van der Waals surface area contributed by atoms with Crippen molar-refractivity contribution < 1.29 is 4.74 Å². The Hall–Kier alpha value is -1.33. The van der Waals surface area contributed by atoms with E-state index in [4.69, 9.17) is 16.3 Å². The molecule has 1 atom stereocenters. The summed E-state index contributed by atoms with van der Waals surface area (Å²) in [6, 6.07) is 1.81. The van der Waals surface area contributed by atoms with E-state index < -0.39 is 0 Å². The van der Waals surface area contributed by atoms with Crippen molar-refractivity contribution in [3.63, 3.8) is 0 Å². The molecule has 1 N–H and O–H groups in total. The van der Waals surface area contributed by atoms with Crippen LogP contribution in [-0.2, 0) is 4.74 Å². The lowest BCUT2D eigenvalue weighted by atomic mass is 10.1. The summed E-state index contributed by atoms with van der Waals surface area (Å²) < 4.78 is 7.47. The summed E-state index contributed by atoms with van der Waals surface area (Å²) in [5.41, 5.74) is 2.68. The molecule has 5 nitrogen and oxygen atoms in total. The number of rotatable bonds is 3. The van der Waals surface area contributed by atoms with E-state index in [9.17, 15) is 0 Å². The maximum absolute atomic E-state index is 6.04. The van der Waals surface area contributed by atoms with Gasteiger partial charge in [0.2, 0.25) is 0 Å². The molecule has 1 unspecified atom stereocenters. The SMILES string of the molecule is Cc1cnc2c(NCC3CCCCO3)cc(Cl)nn12. The Morgan fingerprint density at radius 1 is 1.53 bits per heavy atom. The van der Waals surface area contributed by atoms with Crippen LogP contribution in [0.4, 0.5) is 5.69 Å². The van der Waals surface area contributed by atoms with Crippen molar-refractivity contribution in [2.24, 2.45) is 0 Å². The van der Waals surface area contributed by atoms with Crippen LogP contribution in [0.15, 0.2) is 12.3 Å². The number of fused-ring (bicyclic) bond motifs is 1. The standard InChI is InChI=1S/C13H17ClN4O/c1-9-7-16-13-11(6-12(14)17-18(9)13)15-8-10-4-2-3-5-19-10/h6-7,10,15H,2-5,8H2,1H3. The quantitative estimate of drug-likeness (QED) is 0.939. The molecule has 2 aromatic heterocycles. The minimum Gasteiger partial charge on any atom is -0.379 e. The van der Waals surface area contributed by atoms with Gasteiger partial charge in [-0.1, -0.05) is 11.6 Å². The summed E-state index contributed by atoms with van der Waals surface area (Å²) in [4.78, 5) is 4.36. The number of aromatic nitrogens is 3. The molecule has 0 aromatic carbocycles. The van der Waals surface area contributed by atoms with Gasteiger partial charge in [0.25, 0.3) is 0 Å². The van der Waals surface area contributed by atoms with Gasteiger partial charge in [-0.3, -0.25) is 0 Å². The Kier molecular flexibility index (Phi) is 3.57. The molecule has 0 saturated carbocycles. The molecule has 1 saturated heterocycles. The monoisotopic (exact) mass is 280 g/mol. The average molecular weight is 281 g/mol. The normalized spacial score (nSPS) is 19.8. The third-order valence-corrected chi connectivity index (χ3v) is 3.59. The van der Waals surface area contributed by atoms with E-state index >= 15 is 0 Å². The molecule has 0 amide bonds. The van der Waals surface area contributed by atoms with Crippen LogP contribution in [0, 0.1) is 6.92 Å². The molecule has 0 spiro atoms. The van der Waals surface area contributed by atoms with Crippen molar-refractivity contribution in [3.8, 4) is 0 Å². The van der Waals surface area contributed by atoms with Crippen LogP contribution < -0.4 is 5.32 Å². The molecular formula is C13H17ClN4O. The maximum atomic E-state index is 6.04. The molecule has 1 fully saturated rings. The summed E-state index contributed by atoms with van der Waals surface area (Å²) in [5.74, 6) is 0. The zero-order valence-corrected chi connectivity index (χ0v) is 11.7. The Morgan fingerprint density at radius 3 is 3.21 bits per heavy atom. The van der Waals surface area contributed by atoms with Crippen LogP contribution in [0.5, 0.6) is 0 Å². The molecule has 0 aliphatic carbocycles. The molecule has 102 valence electrons. The van der Waals surface area contributed by atoms with Crippen LogP contribution in [0.1, 0.15) is 25.0 Å². The highest BCUT2D eigenvalue weighted by Gasteiger charge is 2.15. The van der Waals surface area contributed by atoms with Gasteiger partial charge in [-0.2, -0.15) is 5.10 Å². The van der Waals surface area contributed by atoms with Gasteiger partial charge in [0.15, 0.2) is 10.8 Å². The Balaban J connectivity index is 1.79. The minimum atomic E-state index is 0.275. The van der Waals surface area contributed by atoms with E-state index in [0.29, 0.717) is 5.15 Å². The summed E-state index contributed by atoms with van der Waals surface area (Å²) in [5, 5.41) is 8.08. The fourth-order valence-corrected chi connectivity index (χ4v) is 2.56. The summed E-state index contributed by atoms with van der Waals surface area (Å²) >= 11 is 6.04. The first kappa shape index (κ1) is 12.7. The highest BCUT2D eigenvalue weighted by Crippen LogP contribution is 2.21. The van der Waals surface area contributed by atoms with Crippen LogP contribution in [0.3, 0.4) is 0 Å². The zero-order chi connectivity index (χ0) is 13.2. The summed E-state index contributed by atoms with van der Waals surface area (Å²) in [6.45, 7) is 3.60. The number of nitrogens with zero attached hydrogens (tertiary/aromatic N) is 3. The molecule has 1 aliphatic heterocycles. The van der Waals surface area contributed by atoms with Gasteiger partial charge in [-0.25, -0.2) is 9.50 Å². The van der Waals surface area contributed by atoms with Crippen molar-refractivity contribution in [1.29, 1.82) is 0 Å². The molecule has 0 radical (unpaired) electrons. The second-order valence-electron chi connectivity index (χ2n) is 4.89. The van der Waals surface area contributed by atoms with Gasteiger partial charge in [0.1, 0.15) is 0 Å². The maximum Gasteiger partial charge on any atom is 0.177 e. The molecule has 6 heteroatoms. The molecule has 3 rings (SSSR count). The number of ether oxygens (including phenoxy) is 1. The molecule has 0 bridgehead atoms. The van der Waals surface area contributed by atoms with E-state index in [1.54, 1.807) is 10.7 Å². The largest absolute Gasteiger partial charge is 0.379 e. The van der Waals surface area contributed by atoms with Crippen LogP contribution in [0.25, 0.3) is 5.65 Å². The second kappa shape index (κ2) is 5.35. The highest BCUT2D eigenvalue weighted by molar-refractivity contribution is 6.29. The highest BCUT2D eigenvalue weighted by atomic mass is 35.5. The number of imidazole rings is 1. The van der Waals surface area contributed by atoms with Crippen molar-refractivity contribution in [1.82, 2.24) is 14.6 Å². The molecule has 19 heavy (non-hydrogen) atoms. The van der Waals surface area contributed by atoms with Gasteiger partial charge >= 0.3 is 0 Å². The zero-order valence-electron chi connectivity index (χ0n) is 10.9. The lowest BCUT2D eigenvalue weighted by Crippen LogP contribution is -2.27. The molecule has 2 aromatic rings. The van der Waals surface area contributed by atoms with E-state index in [-0.39, 0.29) is 6.10 Å². The number of anilines is 1. The minimum absolute atomic E-state index is 0.275. The summed E-state index contributed by atoms with van der Waals surface area (Å²) in [6.07, 6.45) is 5.58. The first-order chi connectivity index (χ1) is 9.24. The fourth-order valence-electron chi connectivity index (χ4n) is 2.37. The third-order valence-electron chi connectivity index (χ3n) is 3.40. The molecule has 3 heterocycles. The van der Waals surface area contributed by atoms with Crippen LogP contribution in [0.2, 0.25) is 5.15 Å². The first-order valence-corrected chi connectivity index (χ1v) is 6.98. The molecule has 1 aliphatic rings. The Morgan fingerprint density at radius 2 is 2.42 bits per heavy atom. The van der Waals surface area contributed by atoms with E-state index in [1.807, 2.05) is 13.0 Å². The number of nitrogens with one attached hydrogen (secondary N) is 1. The first-order valence-electron chi connectivity index (χ1n) is 6.60. The van der Waals surface area contributed by atoms with E-state index in [0.717, 1.165) is 36.6 Å². The Bertz CT molecular complexity index is 577. The predicted octanol–water partition coefficient (Wildman–Crippen LogP) is 2.67. The van der Waals surface area contributed by atoms with Gasteiger partial charge in [-0.05, 0) is 26.2 Å². The van der Waals surface area contributed by atoms with E-state index in [1.165, 1.54) is 12.8 Å². The van der Waals surface area contributed by atoms with Crippen LogP contribution >= 0.6 is 11.6 Å². The van der Waals surface area contributed by atoms with Gasteiger partial charge in [-0.15, -0.1) is 0 Å². The lowest BCUT2D eigenvalue weighted by Gasteiger charge is -2.23. The van der Waals surface area contributed by atoms with Gasteiger partial charge in [0, 0.05) is 19.2 Å². The van der Waals surface area contributed by atoms with Gasteiger partial charge in [0.05, 0.1) is 23.7 Å². The van der Waals surface area contributed by atoms with Crippen molar-refractivity contribution >= 4 is 22.9 Å². The number of aryl methyl sites for hydroxylation is 1. The fraction of sp³-hybridized carbons (Fsp3) is 0.538. The topological polar surface area (TPSA) is 51.5 Å². The third kappa shape index (κ3) is 2.67.